The molecular formula is C24H25NO5. The van der Waals surface area contributed by atoms with Crippen molar-refractivity contribution in [2.75, 3.05) is 27.3 Å². The Morgan fingerprint density at radius 3 is 2.60 bits per heavy atom. The van der Waals surface area contributed by atoms with E-state index in [-0.39, 0.29) is 12.0 Å². The Morgan fingerprint density at radius 2 is 1.83 bits per heavy atom. The van der Waals surface area contributed by atoms with Crippen molar-refractivity contribution in [3.63, 3.8) is 0 Å². The van der Waals surface area contributed by atoms with Gasteiger partial charge in [0.15, 0.2) is 17.6 Å². The van der Waals surface area contributed by atoms with E-state index in [2.05, 4.69) is 0 Å². The largest absolute Gasteiger partial charge is 0.497 e. The van der Waals surface area contributed by atoms with Crippen molar-refractivity contribution >= 4 is 5.91 Å². The van der Waals surface area contributed by atoms with E-state index >= 15 is 0 Å². The first-order valence-electron chi connectivity index (χ1n) is 9.98. The minimum atomic E-state index is -0.181. The topological polar surface area (TPSA) is 61.1 Å². The van der Waals surface area contributed by atoms with Crippen molar-refractivity contribution in [3.05, 3.63) is 66.4 Å². The number of furan rings is 1. The summed E-state index contributed by atoms with van der Waals surface area (Å²) < 4.78 is 22.7. The fraction of sp³-hybridized carbons (Fsp3) is 0.292. The van der Waals surface area contributed by atoms with E-state index in [4.69, 9.17) is 18.6 Å². The highest BCUT2D eigenvalue weighted by atomic mass is 16.6. The SMILES string of the molecule is COc1ccc(-c2ccc(CCC(=O)N(C)CC3COc4ccccc4O3)o2)cc1. The lowest BCUT2D eigenvalue weighted by Crippen LogP contribution is -2.41. The second-order valence-electron chi connectivity index (χ2n) is 7.27. The third kappa shape index (κ3) is 4.59. The van der Waals surface area contributed by atoms with Gasteiger partial charge in [-0.15, -0.1) is 0 Å². The van der Waals surface area contributed by atoms with E-state index < -0.39 is 0 Å². The Balaban J connectivity index is 1.28. The molecule has 0 aliphatic carbocycles. The predicted octanol–water partition coefficient (Wildman–Crippen LogP) is 4.19. The maximum Gasteiger partial charge on any atom is 0.222 e. The maximum atomic E-state index is 12.6. The Labute approximate surface area is 176 Å². The molecule has 4 rings (SSSR count). The van der Waals surface area contributed by atoms with E-state index in [1.165, 1.54) is 0 Å². The molecule has 2 aromatic carbocycles. The predicted molar refractivity (Wildman–Crippen MR) is 113 cm³/mol. The summed E-state index contributed by atoms with van der Waals surface area (Å²) in [6.07, 6.45) is 0.736. The molecule has 0 N–H and O–H groups in total. The van der Waals surface area contributed by atoms with Crippen LogP contribution in [0, 0.1) is 0 Å². The molecular weight excluding hydrogens is 382 g/mol. The van der Waals surface area contributed by atoms with Gasteiger partial charge >= 0.3 is 0 Å². The number of rotatable bonds is 7. The van der Waals surface area contributed by atoms with Crippen molar-refractivity contribution in [2.45, 2.75) is 18.9 Å². The maximum absolute atomic E-state index is 12.6. The van der Waals surface area contributed by atoms with Crippen LogP contribution in [-0.4, -0.2) is 44.2 Å². The number of amides is 1. The van der Waals surface area contributed by atoms with E-state index in [9.17, 15) is 4.79 Å². The molecule has 1 unspecified atom stereocenters. The third-order valence-electron chi connectivity index (χ3n) is 5.09. The number of benzene rings is 2. The van der Waals surface area contributed by atoms with Crippen molar-refractivity contribution in [2.24, 2.45) is 0 Å². The average Bonchev–Trinajstić information content (AvgIpc) is 3.26. The number of carbonyl (C=O) groups excluding carboxylic acids is 1. The van der Waals surface area contributed by atoms with Crippen LogP contribution in [0.4, 0.5) is 0 Å². The highest BCUT2D eigenvalue weighted by molar-refractivity contribution is 5.76. The second kappa shape index (κ2) is 8.95. The highest BCUT2D eigenvalue weighted by Gasteiger charge is 2.23. The number of para-hydroxylation sites is 2. The van der Waals surface area contributed by atoms with Gasteiger partial charge < -0.3 is 23.5 Å². The van der Waals surface area contributed by atoms with Crippen molar-refractivity contribution in [3.8, 4) is 28.6 Å². The van der Waals surface area contributed by atoms with Gasteiger partial charge in [-0.3, -0.25) is 4.79 Å². The van der Waals surface area contributed by atoms with Crippen LogP contribution >= 0.6 is 0 Å². The number of hydrogen-bond acceptors (Lipinski definition) is 5. The zero-order valence-electron chi connectivity index (χ0n) is 17.2. The summed E-state index contributed by atoms with van der Waals surface area (Å²) in [7, 11) is 3.43. The number of ether oxygens (including phenoxy) is 3. The molecule has 0 bridgehead atoms. The molecule has 0 radical (unpaired) electrons. The molecule has 6 heteroatoms. The smallest absolute Gasteiger partial charge is 0.222 e. The average molecular weight is 407 g/mol. The molecule has 1 amide bonds. The quantitative estimate of drug-likeness (QED) is 0.588. The number of likely N-dealkylation sites (N-methyl/N-ethyl adjacent to an activating group) is 1. The second-order valence-corrected chi connectivity index (χ2v) is 7.27. The number of nitrogens with zero attached hydrogens (tertiary/aromatic N) is 1. The lowest BCUT2D eigenvalue weighted by atomic mass is 10.2. The number of fused-ring (bicyclic) bond motifs is 1. The molecule has 0 spiro atoms. The molecule has 156 valence electrons. The lowest BCUT2D eigenvalue weighted by Gasteiger charge is -2.29. The number of carbonyl (C=O) groups is 1. The Hall–Kier alpha value is -3.41. The molecule has 1 atom stereocenters. The zero-order chi connectivity index (χ0) is 20.9. The Morgan fingerprint density at radius 1 is 1.07 bits per heavy atom. The van der Waals surface area contributed by atoms with Gasteiger partial charge in [0.2, 0.25) is 5.91 Å². The molecule has 3 aromatic rings. The minimum absolute atomic E-state index is 0.0415. The molecule has 1 aromatic heterocycles. The van der Waals surface area contributed by atoms with Gasteiger partial charge in [-0.05, 0) is 48.5 Å². The highest BCUT2D eigenvalue weighted by Crippen LogP contribution is 2.31. The zero-order valence-corrected chi connectivity index (χ0v) is 17.2. The molecule has 2 heterocycles. The first kappa shape index (κ1) is 19.9. The number of hydrogen-bond donors (Lipinski definition) is 0. The Kier molecular flexibility index (Phi) is 5.93. The molecule has 1 aliphatic heterocycles. The van der Waals surface area contributed by atoms with Gasteiger partial charge in [-0.2, -0.15) is 0 Å². The fourth-order valence-corrected chi connectivity index (χ4v) is 3.40. The summed E-state index contributed by atoms with van der Waals surface area (Å²) in [5, 5.41) is 0. The van der Waals surface area contributed by atoms with E-state index in [1.54, 1.807) is 19.1 Å². The molecule has 30 heavy (non-hydrogen) atoms. The standard InChI is InChI=1S/C24H25NO5/c1-25(15-20-16-28-22-5-3-4-6-23(22)30-20)24(26)14-12-19-11-13-21(29-19)17-7-9-18(27-2)10-8-17/h3-11,13,20H,12,14-16H2,1-2H3. The lowest BCUT2D eigenvalue weighted by molar-refractivity contribution is -0.131. The van der Waals surface area contributed by atoms with Crippen LogP contribution in [0.5, 0.6) is 17.2 Å². The van der Waals surface area contributed by atoms with Gasteiger partial charge in [0.25, 0.3) is 0 Å². The number of methoxy groups -OCH3 is 1. The van der Waals surface area contributed by atoms with Crippen LogP contribution in [0.3, 0.4) is 0 Å². The molecule has 0 fully saturated rings. The van der Waals surface area contributed by atoms with Gasteiger partial charge in [0, 0.05) is 25.5 Å². The molecule has 6 nitrogen and oxygen atoms in total. The van der Waals surface area contributed by atoms with Gasteiger partial charge in [0.1, 0.15) is 23.9 Å². The summed E-state index contributed by atoms with van der Waals surface area (Å²) >= 11 is 0. The van der Waals surface area contributed by atoms with Crippen LogP contribution in [-0.2, 0) is 11.2 Å². The summed E-state index contributed by atoms with van der Waals surface area (Å²) in [5.41, 5.74) is 0.972. The van der Waals surface area contributed by atoms with Crippen molar-refractivity contribution in [1.29, 1.82) is 0 Å². The minimum Gasteiger partial charge on any atom is -0.497 e. The van der Waals surface area contributed by atoms with Gasteiger partial charge in [0.05, 0.1) is 13.7 Å². The summed E-state index contributed by atoms with van der Waals surface area (Å²) in [5.74, 6) is 3.87. The number of aryl methyl sites for hydroxylation is 1. The van der Waals surface area contributed by atoms with Crippen LogP contribution in [0.25, 0.3) is 11.3 Å². The first-order chi connectivity index (χ1) is 14.6. The van der Waals surface area contributed by atoms with Gasteiger partial charge in [-0.25, -0.2) is 0 Å². The monoisotopic (exact) mass is 407 g/mol. The van der Waals surface area contributed by atoms with Crippen molar-refractivity contribution in [1.82, 2.24) is 4.90 Å². The van der Waals surface area contributed by atoms with Crippen LogP contribution in [0.15, 0.2) is 65.1 Å². The van der Waals surface area contributed by atoms with Crippen molar-refractivity contribution < 1.29 is 23.4 Å². The summed E-state index contributed by atoms with van der Waals surface area (Å²) in [6, 6.07) is 19.1. The van der Waals surface area contributed by atoms with E-state index in [1.807, 2.05) is 60.7 Å². The molecule has 1 aliphatic rings. The third-order valence-corrected chi connectivity index (χ3v) is 5.09. The van der Waals surface area contributed by atoms with Crippen LogP contribution in [0.2, 0.25) is 0 Å². The van der Waals surface area contributed by atoms with Crippen LogP contribution < -0.4 is 14.2 Å². The normalized spacial score (nSPS) is 14.9. The molecule has 0 saturated heterocycles. The van der Waals surface area contributed by atoms with Gasteiger partial charge in [-0.1, -0.05) is 12.1 Å². The van der Waals surface area contributed by atoms with Crippen LogP contribution in [0.1, 0.15) is 12.2 Å². The fourth-order valence-electron chi connectivity index (χ4n) is 3.40. The van der Waals surface area contributed by atoms with E-state index in [0.29, 0.717) is 26.0 Å². The first-order valence-corrected chi connectivity index (χ1v) is 9.98. The van der Waals surface area contributed by atoms with E-state index in [0.717, 1.165) is 34.3 Å². The summed E-state index contributed by atoms with van der Waals surface area (Å²) in [4.78, 5) is 14.2. The Bertz CT molecular complexity index is 995. The molecule has 0 saturated carbocycles. The summed E-state index contributed by atoms with van der Waals surface area (Å²) in [6.45, 7) is 0.903.